The van der Waals surface area contributed by atoms with Gasteiger partial charge in [-0.25, -0.2) is 0 Å². The van der Waals surface area contributed by atoms with Crippen LogP contribution in [-0.2, 0) is 12.0 Å². The molecule has 19 heavy (non-hydrogen) atoms. The lowest BCUT2D eigenvalue weighted by Gasteiger charge is -2.44. The van der Waals surface area contributed by atoms with Crippen molar-refractivity contribution in [3.05, 3.63) is 29.3 Å². The highest BCUT2D eigenvalue weighted by Crippen LogP contribution is 2.37. The highest BCUT2D eigenvalue weighted by molar-refractivity contribution is 5.48. The maximum atomic E-state index is 5.98. The second-order valence-electron chi connectivity index (χ2n) is 7.00. The molecule has 1 aromatic carbocycles. The number of rotatable bonds is 1. The molecule has 2 nitrogen and oxygen atoms in total. The van der Waals surface area contributed by atoms with E-state index >= 15 is 0 Å². The van der Waals surface area contributed by atoms with Crippen molar-refractivity contribution in [3.63, 3.8) is 0 Å². The van der Waals surface area contributed by atoms with Gasteiger partial charge in [-0.15, -0.1) is 0 Å². The molecule has 0 amide bonds. The molecule has 0 aromatic heterocycles. The predicted molar refractivity (Wildman–Crippen MR) is 81.2 cm³/mol. The van der Waals surface area contributed by atoms with Gasteiger partial charge in [0, 0.05) is 30.2 Å². The second kappa shape index (κ2) is 4.82. The SMILES string of the molecule is CC1(C)CN(C2CCCCC2)Cc2cc(N)ccc21. The highest BCUT2D eigenvalue weighted by Gasteiger charge is 2.34. The lowest BCUT2D eigenvalue weighted by atomic mass is 9.77. The average molecular weight is 258 g/mol. The van der Waals surface area contributed by atoms with Crippen LogP contribution in [0.3, 0.4) is 0 Å². The van der Waals surface area contributed by atoms with Gasteiger partial charge in [0.25, 0.3) is 0 Å². The molecule has 0 unspecified atom stereocenters. The third-order valence-electron chi connectivity index (χ3n) is 4.92. The van der Waals surface area contributed by atoms with Gasteiger partial charge in [0.05, 0.1) is 0 Å². The van der Waals surface area contributed by atoms with Gasteiger partial charge in [0.1, 0.15) is 0 Å². The zero-order chi connectivity index (χ0) is 13.5. The van der Waals surface area contributed by atoms with Gasteiger partial charge in [-0.3, -0.25) is 4.90 Å². The zero-order valence-electron chi connectivity index (χ0n) is 12.3. The largest absolute Gasteiger partial charge is 0.399 e. The Hall–Kier alpha value is -1.02. The van der Waals surface area contributed by atoms with Crippen molar-refractivity contribution in [2.24, 2.45) is 0 Å². The number of benzene rings is 1. The molecule has 1 heterocycles. The molecule has 0 atom stereocenters. The smallest absolute Gasteiger partial charge is 0.0317 e. The van der Waals surface area contributed by atoms with Crippen molar-refractivity contribution in [2.75, 3.05) is 12.3 Å². The van der Waals surface area contributed by atoms with Crippen molar-refractivity contribution in [1.29, 1.82) is 0 Å². The van der Waals surface area contributed by atoms with E-state index in [0.717, 1.165) is 18.3 Å². The normalized spacial score (nSPS) is 24.1. The van der Waals surface area contributed by atoms with E-state index in [9.17, 15) is 0 Å². The van der Waals surface area contributed by atoms with E-state index in [-0.39, 0.29) is 5.41 Å². The van der Waals surface area contributed by atoms with Gasteiger partial charge >= 0.3 is 0 Å². The lowest BCUT2D eigenvalue weighted by molar-refractivity contribution is 0.108. The Kier molecular flexibility index (Phi) is 3.30. The maximum Gasteiger partial charge on any atom is 0.0317 e. The number of anilines is 1. The first kappa shape index (κ1) is 13.0. The van der Waals surface area contributed by atoms with Crippen molar-refractivity contribution in [1.82, 2.24) is 4.90 Å². The van der Waals surface area contributed by atoms with Crippen molar-refractivity contribution >= 4 is 5.69 Å². The molecule has 0 spiro atoms. The van der Waals surface area contributed by atoms with Crippen LogP contribution in [0.4, 0.5) is 5.69 Å². The molecule has 1 saturated carbocycles. The average Bonchev–Trinajstić information content (AvgIpc) is 2.38. The summed E-state index contributed by atoms with van der Waals surface area (Å²) in [7, 11) is 0. The van der Waals surface area contributed by atoms with Gasteiger partial charge in [-0.05, 0) is 36.1 Å². The number of hydrogen-bond acceptors (Lipinski definition) is 2. The van der Waals surface area contributed by atoms with Gasteiger partial charge in [0.15, 0.2) is 0 Å². The van der Waals surface area contributed by atoms with Crippen LogP contribution in [0.2, 0.25) is 0 Å². The molecule has 0 radical (unpaired) electrons. The monoisotopic (exact) mass is 258 g/mol. The summed E-state index contributed by atoms with van der Waals surface area (Å²) in [6.45, 7) is 7.02. The van der Waals surface area contributed by atoms with E-state index in [4.69, 9.17) is 5.73 Å². The van der Waals surface area contributed by atoms with Crippen LogP contribution in [0, 0.1) is 0 Å². The molecule has 1 aliphatic heterocycles. The quantitative estimate of drug-likeness (QED) is 0.778. The van der Waals surface area contributed by atoms with Gasteiger partial charge < -0.3 is 5.73 Å². The van der Waals surface area contributed by atoms with E-state index in [1.54, 1.807) is 0 Å². The van der Waals surface area contributed by atoms with Crippen LogP contribution in [0.15, 0.2) is 18.2 Å². The summed E-state index contributed by atoms with van der Waals surface area (Å²) in [5.41, 5.74) is 10.1. The number of nitrogens with zero attached hydrogens (tertiary/aromatic N) is 1. The first-order valence-electron chi connectivity index (χ1n) is 7.69. The number of fused-ring (bicyclic) bond motifs is 1. The lowest BCUT2D eigenvalue weighted by Crippen LogP contribution is -2.47. The van der Waals surface area contributed by atoms with Crippen LogP contribution in [0.1, 0.15) is 57.1 Å². The Balaban J connectivity index is 1.88. The molecule has 1 fully saturated rings. The summed E-state index contributed by atoms with van der Waals surface area (Å²) in [5, 5.41) is 0. The summed E-state index contributed by atoms with van der Waals surface area (Å²) in [4.78, 5) is 2.71. The standard InChI is InChI=1S/C17H26N2/c1-17(2)12-19(15-6-4-3-5-7-15)11-13-10-14(18)8-9-16(13)17/h8-10,15H,3-7,11-12,18H2,1-2H3. The van der Waals surface area contributed by atoms with Gasteiger partial charge in [-0.2, -0.15) is 0 Å². The molecule has 0 bridgehead atoms. The minimum atomic E-state index is 0.249. The van der Waals surface area contributed by atoms with E-state index in [1.807, 2.05) is 0 Å². The molecular formula is C17H26N2. The van der Waals surface area contributed by atoms with Crippen LogP contribution < -0.4 is 5.73 Å². The summed E-state index contributed by atoms with van der Waals surface area (Å²) in [6, 6.07) is 7.27. The van der Waals surface area contributed by atoms with Crippen LogP contribution in [-0.4, -0.2) is 17.5 Å². The third-order valence-corrected chi connectivity index (χ3v) is 4.92. The molecule has 2 aliphatic rings. The number of nitrogen functional groups attached to an aromatic ring is 1. The van der Waals surface area contributed by atoms with Crippen LogP contribution >= 0.6 is 0 Å². The Bertz CT molecular complexity index is 458. The summed E-state index contributed by atoms with van der Waals surface area (Å²) >= 11 is 0. The Morgan fingerprint density at radius 1 is 1.16 bits per heavy atom. The van der Waals surface area contributed by atoms with Crippen LogP contribution in [0.5, 0.6) is 0 Å². The molecule has 1 aromatic rings. The Morgan fingerprint density at radius 3 is 2.63 bits per heavy atom. The van der Waals surface area contributed by atoms with E-state index in [1.165, 1.54) is 49.8 Å². The predicted octanol–water partition coefficient (Wildman–Crippen LogP) is 3.69. The fourth-order valence-corrected chi connectivity index (χ4v) is 3.98. The van der Waals surface area contributed by atoms with Gasteiger partial charge in [0.2, 0.25) is 0 Å². The number of hydrogen-bond donors (Lipinski definition) is 1. The molecule has 0 saturated heterocycles. The second-order valence-corrected chi connectivity index (χ2v) is 7.00. The first-order valence-corrected chi connectivity index (χ1v) is 7.69. The minimum Gasteiger partial charge on any atom is -0.399 e. The fourth-order valence-electron chi connectivity index (χ4n) is 3.98. The molecule has 1 aliphatic carbocycles. The van der Waals surface area contributed by atoms with Gasteiger partial charge in [-0.1, -0.05) is 39.2 Å². The Labute approximate surface area is 117 Å². The summed E-state index contributed by atoms with van der Waals surface area (Å²) < 4.78 is 0. The Morgan fingerprint density at radius 2 is 1.89 bits per heavy atom. The first-order chi connectivity index (χ1) is 9.06. The molecule has 2 N–H and O–H groups in total. The number of nitrogens with two attached hydrogens (primary N) is 1. The van der Waals surface area contributed by atoms with Crippen molar-refractivity contribution in [2.45, 2.75) is 64.0 Å². The molecule has 104 valence electrons. The fraction of sp³-hybridized carbons (Fsp3) is 0.647. The zero-order valence-corrected chi connectivity index (χ0v) is 12.3. The topological polar surface area (TPSA) is 29.3 Å². The summed E-state index contributed by atoms with van der Waals surface area (Å²) in [5.74, 6) is 0. The minimum absolute atomic E-state index is 0.249. The third kappa shape index (κ3) is 2.51. The summed E-state index contributed by atoms with van der Waals surface area (Å²) in [6.07, 6.45) is 7.01. The van der Waals surface area contributed by atoms with Crippen molar-refractivity contribution < 1.29 is 0 Å². The highest BCUT2D eigenvalue weighted by atomic mass is 15.2. The maximum absolute atomic E-state index is 5.98. The molecule has 2 heteroatoms. The van der Waals surface area contributed by atoms with Crippen LogP contribution in [0.25, 0.3) is 0 Å². The molecule has 3 rings (SSSR count). The van der Waals surface area contributed by atoms with Crippen molar-refractivity contribution in [3.8, 4) is 0 Å². The molecular weight excluding hydrogens is 232 g/mol. The van der Waals surface area contributed by atoms with E-state index in [2.05, 4.69) is 36.9 Å². The van der Waals surface area contributed by atoms with E-state index in [0.29, 0.717) is 0 Å². The van der Waals surface area contributed by atoms with E-state index < -0.39 is 0 Å².